The Bertz CT molecular complexity index is 1080. The van der Waals surface area contributed by atoms with Crippen LogP contribution in [-0.2, 0) is 4.79 Å². The van der Waals surface area contributed by atoms with E-state index in [9.17, 15) is 18.7 Å². The Balaban J connectivity index is 1.41. The predicted octanol–water partition coefficient (Wildman–Crippen LogP) is 3.95. The molecular formula is C27H36F2N4O3. The lowest BCUT2D eigenvalue weighted by atomic mass is 10.0. The Kier molecular flexibility index (Phi) is 10.3. The zero-order valence-corrected chi connectivity index (χ0v) is 21.1. The topological polar surface area (TPSA) is 86.7 Å². The number of carbonyl (C=O) groups is 1. The Labute approximate surface area is 211 Å². The number of pyridine rings is 1. The lowest BCUT2D eigenvalue weighted by Gasteiger charge is -2.32. The number of carbonyl (C=O) groups excluding carboxylic acids is 1. The molecule has 0 saturated carbocycles. The van der Waals surface area contributed by atoms with Crippen molar-refractivity contribution in [3.05, 3.63) is 59.7 Å². The van der Waals surface area contributed by atoms with Crippen molar-refractivity contribution in [2.45, 2.75) is 51.4 Å². The number of rotatable bonds is 11. The number of nitrogens with zero attached hydrogens (tertiary/aromatic N) is 2. The van der Waals surface area contributed by atoms with E-state index in [1.165, 1.54) is 13.8 Å². The highest BCUT2D eigenvalue weighted by Crippen LogP contribution is 2.28. The van der Waals surface area contributed by atoms with Gasteiger partial charge >= 0.3 is 0 Å². The number of halogens is 2. The van der Waals surface area contributed by atoms with Crippen LogP contribution in [0.5, 0.6) is 5.75 Å². The number of alkyl halides is 1. The third-order valence-electron chi connectivity index (χ3n) is 6.39. The maximum absolute atomic E-state index is 13.9. The van der Waals surface area contributed by atoms with Crippen LogP contribution in [0.25, 0.3) is 10.9 Å². The van der Waals surface area contributed by atoms with Crippen LogP contribution >= 0.6 is 0 Å². The standard InChI is InChI=1S/C27H36F2N4O3/c1-18(28)4-6-24(29)19(2)32-27(35)17-31-20-9-13-33(14-10-20)15-11-26(34)22-8-12-30-25-7-5-21(36-3)16-23(22)25/h4-8,12,16,18,20,26,31,34H,9-11,13-15,17H2,1-3H3,(H,32,35)/b6-4-,24-19-. The van der Waals surface area contributed by atoms with E-state index in [1.54, 1.807) is 13.3 Å². The summed E-state index contributed by atoms with van der Waals surface area (Å²) in [5, 5.41) is 17.5. The number of aromatic nitrogens is 1. The summed E-state index contributed by atoms with van der Waals surface area (Å²) in [6.45, 7) is 5.30. The van der Waals surface area contributed by atoms with Gasteiger partial charge in [-0.05, 0) is 88.2 Å². The molecule has 2 aromatic rings. The van der Waals surface area contributed by atoms with Crippen LogP contribution in [0, 0.1) is 0 Å². The highest BCUT2D eigenvalue weighted by atomic mass is 19.1. The van der Waals surface area contributed by atoms with Crippen LogP contribution in [0.4, 0.5) is 8.78 Å². The molecule has 1 fully saturated rings. The number of amides is 1. The van der Waals surface area contributed by atoms with E-state index in [-0.39, 0.29) is 24.2 Å². The van der Waals surface area contributed by atoms with Gasteiger partial charge in [-0.15, -0.1) is 0 Å². The first-order chi connectivity index (χ1) is 17.3. The summed E-state index contributed by atoms with van der Waals surface area (Å²) >= 11 is 0. The second-order valence-electron chi connectivity index (χ2n) is 9.14. The molecule has 1 saturated heterocycles. The minimum atomic E-state index is -1.25. The number of hydrogen-bond acceptors (Lipinski definition) is 6. The first-order valence-electron chi connectivity index (χ1n) is 12.3. The van der Waals surface area contributed by atoms with Gasteiger partial charge in [-0.25, -0.2) is 8.78 Å². The molecule has 1 amide bonds. The van der Waals surface area contributed by atoms with Crippen molar-refractivity contribution in [3.63, 3.8) is 0 Å². The average Bonchev–Trinajstić information content (AvgIpc) is 2.88. The van der Waals surface area contributed by atoms with Crippen molar-refractivity contribution in [2.24, 2.45) is 0 Å². The Morgan fingerprint density at radius 2 is 2.08 bits per heavy atom. The number of hydrogen-bond donors (Lipinski definition) is 3. The third kappa shape index (κ3) is 8.08. The zero-order chi connectivity index (χ0) is 26.1. The number of benzene rings is 1. The van der Waals surface area contributed by atoms with Crippen molar-refractivity contribution in [3.8, 4) is 5.75 Å². The fourth-order valence-electron chi connectivity index (χ4n) is 4.28. The number of likely N-dealkylation sites (tertiary alicyclic amines) is 1. The van der Waals surface area contributed by atoms with Crippen LogP contribution in [-0.4, -0.2) is 66.4 Å². The molecule has 0 spiro atoms. The SMILES string of the molecule is COc1ccc2nccc(C(O)CCN3CCC(NCC(=O)N/C(C)=C(F)/C=C\C(C)F)CC3)c2c1. The van der Waals surface area contributed by atoms with Crippen LogP contribution in [0.2, 0.25) is 0 Å². The van der Waals surface area contributed by atoms with E-state index in [4.69, 9.17) is 4.74 Å². The molecule has 1 aliphatic rings. The predicted molar refractivity (Wildman–Crippen MR) is 137 cm³/mol. The minimum absolute atomic E-state index is 0.0625. The summed E-state index contributed by atoms with van der Waals surface area (Å²) in [7, 11) is 1.62. The molecule has 196 valence electrons. The van der Waals surface area contributed by atoms with E-state index in [0.717, 1.165) is 66.8 Å². The number of allylic oxidation sites excluding steroid dienone is 4. The number of ether oxygens (including phenoxy) is 1. The molecule has 1 aromatic heterocycles. The Hall–Kier alpha value is -2.88. The highest BCUT2D eigenvalue weighted by Gasteiger charge is 2.21. The van der Waals surface area contributed by atoms with Crippen LogP contribution < -0.4 is 15.4 Å². The Morgan fingerprint density at radius 1 is 1.33 bits per heavy atom. The van der Waals surface area contributed by atoms with Gasteiger partial charge in [-0.3, -0.25) is 9.78 Å². The van der Waals surface area contributed by atoms with Gasteiger partial charge in [-0.1, -0.05) is 0 Å². The molecule has 0 radical (unpaired) electrons. The molecular weight excluding hydrogens is 466 g/mol. The summed E-state index contributed by atoms with van der Waals surface area (Å²) < 4.78 is 32.0. The van der Waals surface area contributed by atoms with E-state index in [1.807, 2.05) is 24.3 Å². The van der Waals surface area contributed by atoms with E-state index >= 15 is 0 Å². The quantitative estimate of drug-likeness (QED) is 0.404. The summed E-state index contributed by atoms with van der Waals surface area (Å²) in [5.74, 6) is -0.273. The summed E-state index contributed by atoms with van der Waals surface area (Å²) in [6.07, 6.45) is 4.31. The van der Waals surface area contributed by atoms with Gasteiger partial charge in [0.15, 0.2) is 0 Å². The number of aliphatic hydroxyl groups is 1. The molecule has 9 heteroatoms. The molecule has 3 N–H and O–H groups in total. The molecule has 1 aromatic carbocycles. The maximum Gasteiger partial charge on any atom is 0.238 e. The molecule has 2 atom stereocenters. The lowest BCUT2D eigenvalue weighted by molar-refractivity contribution is -0.119. The van der Waals surface area contributed by atoms with Gasteiger partial charge in [0.05, 0.1) is 31.0 Å². The van der Waals surface area contributed by atoms with Crippen LogP contribution in [0.3, 0.4) is 0 Å². The number of fused-ring (bicyclic) bond motifs is 1. The van der Waals surface area contributed by atoms with Gasteiger partial charge in [0.1, 0.15) is 17.7 Å². The smallest absolute Gasteiger partial charge is 0.238 e. The van der Waals surface area contributed by atoms with Crippen LogP contribution in [0.15, 0.2) is 54.1 Å². The third-order valence-corrected chi connectivity index (χ3v) is 6.39. The monoisotopic (exact) mass is 502 g/mol. The molecule has 0 bridgehead atoms. The maximum atomic E-state index is 13.9. The van der Waals surface area contributed by atoms with Crippen molar-refractivity contribution >= 4 is 16.8 Å². The van der Waals surface area contributed by atoms with E-state index < -0.39 is 18.1 Å². The fourth-order valence-corrected chi connectivity index (χ4v) is 4.28. The summed E-state index contributed by atoms with van der Waals surface area (Å²) in [5.41, 5.74) is 1.73. The van der Waals surface area contributed by atoms with E-state index in [0.29, 0.717) is 6.42 Å². The number of piperidine rings is 1. The molecule has 1 aliphatic heterocycles. The van der Waals surface area contributed by atoms with Gasteiger partial charge < -0.3 is 25.4 Å². The van der Waals surface area contributed by atoms with Crippen molar-refractivity contribution in [1.29, 1.82) is 0 Å². The molecule has 2 unspecified atom stereocenters. The van der Waals surface area contributed by atoms with Crippen molar-refractivity contribution in [1.82, 2.24) is 20.5 Å². The number of methoxy groups -OCH3 is 1. The van der Waals surface area contributed by atoms with Crippen molar-refractivity contribution in [2.75, 3.05) is 33.3 Å². The van der Waals surface area contributed by atoms with Crippen molar-refractivity contribution < 1.29 is 23.4 Å². The fraction of sp³-hybridized carbons (Fsp3) is 0.481. The Morgan fingerprint density at radius 3 is 2.78 bits per heavy atom. The highest BCUT2D eigenvalue weighted by molar-refractivity contribution is 5.83. The lowest BCUT2D eigenvalue weighted by Crippen LogP contribution is -2.45. The summed E-state index contributed by atoms with van der Waals surface area (Å²) in [6, 6.07) is 7.70. The van der Waals surface area contributed by atoms with Gasteiger partial charge in [0, 0.05) is 24.2 Å². The van der Waals surface area contributed by atoms with Crippen LogP contribution in [0.1, 0.15) is 44.8 Å². The molecule has 2 heterocycles. The normalized spacial score (nSPS) is 17.7. The number of aliphatic hydroxyl groups excluding tert-OH is 1. The van der Waals surface area contributed by atoms with Gasteiger partial charge in [0.25, 0.3) is 0 Å². The summed E-state index contributed by atoms with van der Waals surface area (Å²) in [4.78, 5) is 18.8. The molecule has 3 rings (SSSR count). The molecule has 0 aliphatic carbocycles. The second kappa shape index (κ2) is 13.4. The zero-order valence-electron chi connectivity index (χ0n) is 21.1. The second-order valence-corrected chi connectivity index (χ2v) is 9.14. The molecule has 36 heavy (non-hydrogen) atoms. The average molecular weight is 503 g/mol. The van der Waals surface area contributed by atoms with Gasteiger partial charge in [-0.2, -0.15) is 0 Å². The van der Waals surface area contributed by atoms with Gasteiger partial charge in [0.2, 0.25) is 5.91 Å². The first kappa shape index (κ1) is 27.7. The minimum Gasteiger partial charge on any atom is -0.497 e. The largest absolute Gasteiger partial charge is 0.497 e. The molecule has 7 nitrogen and oxygen atoms in total. The van der Waals surface area contributed by atoms with E-state index in [2.05, 4.69) is 20.5 Å². The first-order valence-corrected chi connectivity index (χ1v) is 12.3. The number of nitrogens with one attached hydrogen (secondary N) is 2.